The van der Waals surface area contributed by atoms with E-state index in [0.29, 0.717) is 0 Å². The first kappa shape index (κ1) is 10.8. The van der Waals surface area contributed by atoms with Gasteiger partial charge in [0.15, 0.2) is 15.7 Å². The first-order valence-corrected chi connectivity index (χ1v) is 5.90. The molecule has 1 aromatic rings. The van der Waals surface area contributed by atoms with E-state index in [9.17, 15) is 18.3 Å². The molecule has 0 bridgehead atoms. The van der Waals surface area contributed by atoms with Gasteiger partial charge in [-0.15, -0.1) is 0 Å². The second-order valence-corrected chi connectivity index (χ2v) is 4.86. The van der Waals surface area contributed by atoms with Gasteiger partial charge in [-0.25, -0.2) is 8.42 Å². The molecule has 5 nitrogen and oxygen atoms in total. The molecular formula is C8H11NO4S. The van der Waals surface area contributed by atoms with Crippen molar-refractivity contribution in [1.29, 1.82) is 0 Å². The Labute approximate surface area is 81.5 Å². The van der Waals surface area contributed by atoms with Crippen LogP contribution in [0.2, 0.25) is 0 Å². The van der Waals surface area contributed by atoms with E-state index in [2.05, 4.69) is 0 Å². The van der Waals surface area contributed by atoms with Crippen LogP contribution in [0.3, 0.4) is 0 Å². The van der Waals surface area contributed by atoms with Gasteiger partial charge in [0.1, 0.15) is 4.90 Å². The third-order valence-corrected chi connectivity index (χ3v) is 2.94. The fraction of sp³-hybridized carbons (Fsp3) is 0.375. The standard InChI is InChI=1S/C8H11NO4S/c1-3-9-7(10)5-4-6(8(9)11)14(2,12)13/h4-5,10H,3H2,1-2H3. The summed E-state index contributed by atoms with van der Waals surface area (Å²) < 4.78 is 23.3. The number of aromatic nitrogens is 1. The summed E-state index contributed by atoms with van der Waals surface area (Å²) in [6.45, 7) is 1.88. The van der Waals surface area contributed by atoms with Crippen LogP contribution in [0, 0.1) is 0 Å². The fourth-order valence-corrected chi connectivity index (χ4v) is 1.88. The number of aromatic hydroxyl groups is 1. The molecule has 1 N–H and O–H groups in total. The molecule has 0 aliphatic rings. The largest absolute Gasteiger partial charge is 0.494 e. The lowest BCUT2D eigenvalue weighted by atomic mass is 10.4. The number of hydrogen-bond donors (Lipinski definition) is 1. The first-order valence-electron chi connectivity index (χ1n) is 4.00. The van der Waals surface area contributed by atoms with Crippen LogP contribution in [0.25, 0.3) is 0 Å². The summed E-state index contributed by atoms with van der Waals surface area (Å²) in [5, 5.41) is 9.25. The van der Waals surface area contributed by atoms with Crippen LogP contribution in [-0.2, 0) is 16.4 Å². The molecule has 0 saturated carbocycles. The van der Waals surface area contributed by atoms with Gasteiger partial charge in [-0.1, -0.05) is 0 Å². The van der Waals surface area contributed by atoms with Gasteiger partial charge in [0.05, 0.1) is 0 Å². The summed E-state index contributed by atoms with van der Waals surface area (Å²) in [6.07, 6.45) is 0.959. The molecular weight excluding hydrogens is 206 g/mol. The van der Waals surface area contributed by atoms with E-state index in [1.165, 1.54) is 6.07 Å². The Morgan fingerprint density at radius 1 is 1.43 bits per heavy atom. The third-order valence-electron chi connectivity index (χ3n) is 1.83. The van der Waals surface area contributed by atoms with Crippen LogP contribution in [0.1, 0.15) is 6.92 Å². The van der Waals surface area contributed by atoms with Crippen molar-refractivity contribution in [1.82, 2.24) is 4.57 Å². The lowest BCUT2D eigenvalue weighted by Crippen LogP contribution is -2.24. The summed E-state index contributed by atoms with van der Waals surface area (Å²) in [7, 11) is -3.53. The van der Waals surface area contributed by atoms with Crippen molar-refractivity contribution in [3.63, 3.8) is 0 Å². The maximum absolute atomic E-state index is 11.5. The zero-order valence-electron chi connectivity index (χ0n) is 7.89. The molecule has 0 aliphatic heterocycles. The fourth-order valence-electron chi connectivity index (χ4n) is 1.14. The van der Waals surface area contributed by atoms with E-state index < -0.39 is 15.4 Å². The molecule has 0 aliphatic carbocycles. The minimum absolute atomic E-state index is 0.230. The summed E-state index contributed by atoms with van der Waals surface area (Å²) in [4.78, 5) is 11.2. The average molecular weight is 217 g/mol. The molecule has 1 rings (SSSR count). The smallest absolute Gasteiger partial charge is 0.272 e. The number of hydrogen-bond acceptors (Lipinski definition) is 4. The third kappa shape index (κ3) is 1.79. The number of rotatable bonds is 2. The second-order valence-electron chi connectivity index (χ2n) is 2.88. The van der Waals surface area contributed by atoms with Gasteiger partial charge in [0.25, 0.3) is 5.56 Å². The predicted octanol–water partition coefficient (Wildman–Crippen LogP) is -0.0227. The lowest BCUT2D eigenvalue weighted by Gasteiger charge is -2.06. The molecule has 6 heteroatoms. The Hall–Kier alpha value is -1.30. The maximum atomic E-state index is 11.5. The lowest BCUT2D eigenvalue weighted by molar-refractivity contribution is 0.408. The van der Waals surface area contributed by atoms with Crippen molar-refractivity contribution in [2.24, 2.45) is 0 Å². The Bertz CT molecular complexity index is 501. The van der Waals surface area contributed by atoms with Crippen LogP contribution >= 0.6 is 0 Å². The van der Waals surface area contributed by atoms with E-state index in [-0.39, 0.29) is 17.3 Å². The van der Waals surface area contributed by atoms with Crippen LogP contribution in [0.5, 0.6) is 5.88 Å². The number of nitrogens with zero attached hydrogens (tertiary/aromatic N) is 1. The monoisotopic (exact) mass is 217 g/mol. The molecule has 0 spiro atoms. The highest BCUT2D eigenvalue weighted by molar-refractivity contribution is 7.90. The molecule has 1 aromatic heterocycles. The van der Waals surface area contributed by atoms with Crippen LogP contribution in [0.15, 0.2) is 21.8 Å². The number of sulfone groups is 1. The first-order chi connectivity index (χ1) is 6.38. The van der Waals surface area contributed by atoms with Gasteiger partial charge >= 0.3 is 0 Å². The van der Waals surface area contributed by atoms with Crippen molar-refractivity contribution < 1.29 is 13.5 Å². The average Bonchev–Trinajstić information content (AvgIpc) is 2.02. The SMILES string of the molecule is CCn1c(O)ccc(S(C)(=O)=O)c1=O. The highest BCUT2D eigenvalue weighted by Gasteiger charge is 2.15. The summed E-state index contributed by atoms with van der Waals surface area (Å²) in [5.41, 5.74) is -0.685. The zero-order chi connectivity index (χ0) is 10.9. The molecule has 14 heavy (non-hydrogen) atoms. The highest BCUT2D eigenvalue weighted by Crippen LogP contribution is 2.09. The highest BCUT2D eigenvalue weighted by atomic mass is 32.2. The Balaban J connectivity index is 3.61. The Morgan fingerprint density at radius 3 is 2.43 bits per heavy atom. The predicted molar refractivity (Wildman–Crippen MR) is 51.2 cm³/mol. The molecule has 78 valence electrons. The van der Waals surface area contributed by atoms with Gasteiger partial charge in [0, 0.05) is 12.8 Å². The van der Waals surface area contributed by atoms with Crippen molar-refractivity contribution in [2.75, 3.05) is 6.26 Å². The van der Waals surface area contributed by atoms with Crippen LogP contribution in [0.4, 0.5) is 0 Å². The Morgan fingerprint density at radius 2 is 2.00 bits per heavy atom. The van der Waals surface area contributed by atoms with E-state index >= 15 is 0 Å². The summed E-state index contributed by atoms with van der Waals surface area (Å²) >= 11 is 0. The van der Waals surface area contributed by atoms with Gasteiger partial charge < -0.3 is 5.11 Å². The van der Waals surface area contributed by atoms with Crippen LogP contribution < -0.4 is 5.56 Å². The topological polar surface area (TPSA) is 76.4 Å². The molecule has 0 atom stereocenters. The minimum atomic E-state index is -3.53. The second kappa shape index (κ2) is 3.45. The van der Waals surface area contributed by atoms with Crippen molar-refractivity contribution in [3.8, 4) is 5.88 Å². The molecule has 0 fully saturated rings. The molecule has 0 unspecified atom stereocenters. The molecule has 0 aromatic carbocycles. The van der Waals surface area contributed by atoms with Gasteiger partial charge in [-0.3, -0.25) is 9.36 Å². The van der Waals surface area contributed by atoms with Crippen molar-refractivity contribution in [3.05, 3.63) is 22.5 Å². The van der Waals surface area contributed by atoms with Gasteiger partial charge in [-0.2, -0.15) is 0 Å². The van der Waals surface area contributed by atoms with Crippen molar-refractivity contribution in [2.45, 2.75) is 18.4 Å². The van der Waals surface area contributed by atoms with Gasteiger partial charge in [-0.05, 0) is 19.1 Å². The minimum Gasteiger partial charge on any atom is -0.494 e. The maximum Gasteiger partial charge on any atom is 0.272 e. The van der Waals surface area contributed by atoms with E-state index in [0.717, 1.165) is 16.9 Å². The number of pyridine rings is 1. The van der Waals surface area contributed by atoms with E-state index in [1.54, 1.807) is 6.92 Å². The zero-order valence-corrected chi connectivity index (χ0v) is 8.71. The summed E-state index contributed by atoms with van der Waals surface area (Å²) in [6, 6.07) is 2.31. The van der Waals surface area contributed by atoms with Crippen LogP contribution in [-0.4, -0.2) is 24.3 Å². The van der Waals surface area contributed by atoms with E-state index in [1.807, 2.05) is 0 Å². The molecule has 1 heterocycles. The quantitative estimate of drug-likeness (QED) is 0.755. The molecule has 0 saturated heterocycles. The van der Waals surface area contributed by atoms with E-state index in [4.69, 9.17) is 0 Å². The molecule has 0 amide bonds. The normalized spacial score (nSPS) is 11.6. The summed E-state index contributed by atoms with van der Waals surface area (Å²) in [5.74, 6) is -0.232. The Kier molecular flexibility index (Phi) is 2.66. The van der Waals surface area contributed by atoms with Crippen molar-refractivity contribution >= 4 is 9.84 Å². The molecule has 0 radical (unpaired) electrons. The van der Waals surface area contributed by atoms with Gasteiger partial charge in [0.2, 0.25) is 0 Å².